The molecule has 1 unspecified atom stereocenters. The lowest BCUT2D eigenvalue weighted by Crippen LogP contribution is -2.52. The molecule has 0 aromatic carbocycles. The second kappa shape index (κ2) is 8.57. The molecule has 0 amide bonds. The van der Waals surface area contributed by atoms with Crippen molar-refractivity contribution in [1.29, 1.82) is 0 Å². The summed E-state index contributed by atoms with van der Waals surface area (Å²) in [7, 11) is 0. The summed E-state index contributed by atoms with van der Waals surface area (Å²) in [5.74, 6) is 2.68. The van der Waals surface area contributed by atoms with Crippen LogP contribution in [0.5, 0.6) is 0 Å². The van der Waals surface area contributed by atoms with Gasteiger partial charge in [-0.3, -0.25) is 4.79 Å². The van der Waals surface area contributed by atoms with Crippen molar-refractivity contribution >= 4 is 12.3 Å². The molecule has 0 radical (unpaired) electrons. The third-order valence-electron chi connectivity index (χ3n) is 11.7. The second-order valence-electron chi connectivity index (χ2n) is 13.3. The molecule has 0 N–H and O–H groups in total. The van der Waals surface area contributed by atoms with E-state index >= 15 is 0 Å². The van der Waals surface area contributed by atoms with Crippen LogP contribution in [0, 0.1) is 52.3 Å². The monoisotopic (exact) mass is 474 g/mol. The summed E-state index contributed by atoms with van der Waals surface area (Å²) < 4.78 is 18.8. The van der Waals surface area contributed by atoms with Crippen LogP contribution in [-0.2, 0) is 23.8 Å². The van der Waals surface area contributed by atoms with E-state index in [2.05, 4.69) is 34.6 Å². The zero-order chi connectivity index (χ0) is 24.5. The van der Waals surface area contributed by atoms with E-state index in [-0.39, 0.29) is 34.6 Å². The summed E-state index contributed by atoms with van der Waals surface area (Å²) in [5, 5.41) is 0. The minimum absolute atomic E-state index is 0.0207. The van der Waals surface area contributed by atoms with Gasteiger partial charge in [0.2, 0.25) is 0 Å². The highest BCUT2D eigenvalue weighted by molar-refractivity contribution is 5.66. The minimum atomic E-state index is -0.362. The van der Waals surface area contributed by atoms with Crippen LogP contribution in [0.2, 0.25) is 0 Å². The van der Waals surface area contributed by atoms with Gasteiger partial charge in [0.15, 0.2) is 5.79 Å². The fourth-order valence-corrected chi connectivity index (χ4v) is 9.78. The van der Waals surface area contributed by atoms with E-state index in [1.807, 2.05) is 0 Å². The van der Waals surface area contributed by atoms with Gasteiger partial charge in [-0.05, 0) is 85.4 Å². The Bertz CT molecular complexity index is 802. The van der Waals surface area contributed by atoms with Crippen molar-refractivity contribution in [3.63, 3.8) is 0 Å². The quantitative estimate of drug-likeness (QED) is 0.383. The molecule has 5 aliphatic rings. The molecular formula is C29H46O5. The molecule has 3 saturated carbocycles. The molecule has 2 aliphatic heterocycles. The van der Waals surface area contributed by atoms with Gasteiger partial charge in [0, 0.05) is 25.2 Å². The molecule has 34 heavy (non-hydrogen) atoms. The van der Waals surface area contributed by atoms with Gasteiger partial charge in [-0.2, -0.15) is 0 Å². The first-order chi connectivity index (χ1) is 16.0. The average molecular weight is 475 g/mol. The molecule has 5 heteroatoms. The lowest BCUT2D eigenvalue weighted by atomic mass is 9.48. The number of hydrogen-bond donors (Lipinski definition) is 0. The van der Waals surface area contributed by atoms with Crippen molar-refractivity contribution < 1.29 is 23.8 Å². The predicted octanol–water partition coefficient (Wildman–Crippen LogP) is 5.79. The Kier molecular flexibility index (Phi) is 6.24. The standard InChI is InChI=1S/C29H46O5/c1-17-7-12-29(32-16-17)19(3)26-25(34-29)14-24-18(2)23(9-11-28(24,26)6)27(5)10-8-22(33-20(4)31)13-21(27)15-30/h15,17-19,21-26H,7-14,16H2,1-6H3/t17?,18-,19+,21-,22+,23+,24+,25+,26+,27+,28+,29-/m1/s1. The number of ether oxygens (including phenoxy) is 3. The Labute approximate surface area is 206 Å². The van der Waals surface area contributed by atoms with E-state index in [4.69, 9.17) is 14.2 Å². The van der Waals surface area contributed by atoms with Crippen molar-refractivity contribution in [2.24, 2.45) is 52.3 Å². The molecule has 192 valence electrons. The normalized spacial score (nSPS) is 54.9. The fraction of sp³-hybridized carbons (Fsp3) is 0.931. The first-order valence-electron chi connectivity index (χ1n) is 14.0. The third-order valence-corrected chi connectivity index (χ3v) is 11.7. The predicted molar refractivity (Wildman–Crippen MR) is 130 cm³/mol. The Morgan fingerprint density at radius 3 is 2.35 bits per heavy atom. The fourth-order valence-electron chi connectivity index (χ4n) is 9.78. The highest BCUT2D eigenvalue weighted by Crippen LogP contribution is 2.69. The van der Waals surface area contributed by atoms with Crippen LogP contribution >= 0.6 is 0 Å². The number of hydrogen-bond acceptors (Lipinski definition) is 5. The number of fused-ring (bicyclic) bond motifs is 3. The number of carbonyl (C=O) groups excluding carboxylic acids is 2. The third kappa shape index (κ3) is 3.62. The van der Waals surface area contributed by atoms with Crippen LogP contribution in [0.3, 0.4) is 0 Å². The smallest absolute Gasteiger partial charge is 0.302 e. The molecule has 0 aromatic rings. The summed E-state index contributed by atoms with van der Waals surface area (Å²) >= 11 is 0. The second-order valence-corrected chi connectivity index (χ2v) is 13.3. The largest absolute Gasteiger partial charge is 0.463 e. The molecule has 5 rings (SSSR count). The van der Waals surface area contributed by atoms with Crippen molar-refractivity contribution in [3.8, 4) is 0 Å². The van der Waals surface area contributed by atoms with Gasteiger partial charge in [-0.1, -0.05) is 34.6 Å². The summed E-state index contributed by atoms with van der Waals surface area (Å²) in [6.07, 6.45) is 9.60. The van der Waals surface area contributed by atoms with Crippen LogP contribution in [0.4, 0.5) is 0 Å². The zero-order valence-electron chi connectivity index (χ0n) is 22.2. The van der Waals surface area contributed by atoms with Gasteiger partial charge in [0.05, 0.1) is 12.7 Å². The number of carbonyl (C=O) groups is 2. The molecule has 0 aromatic heterocycles. The minimum Gasteiger partial charge on any atom is -0.463 e. The maximum atomic E-state index is 12.3. The summed E-state index contributed by atoms with van der Waals surface area (Å²) in [5.41, 5.74) is 0.255. The molecule has 3 aliphatic carbocycles. The summed E-state index contributed by atoms with van der Waals surface area (Å²) in [6, 6.07) is 0. The number of aldehydes is 1. The van der Waals surface area contributed by atoms with Gasteiger partial charge in [-0.25, -0.2) is 0 Å². The van der Waals surface area contributed by atoms with Crippen molar-refractivity contribution in [2.45, 2.75) is 111 Å². The van der Waals surface area contributed by atoms with Gasteiger partial charge in [0.1, 0.15) is 12.4 Å². The highest BCUT2D eigenvalue weighted by Gasteiger charge is 2.68. The van der Waals surface area contributed by atoms with Crippen molar-refractivity contribution in [2.75, 3.05) is 6.61 Å². The Hall–Kier alpha value is -0.940. The molecule has 2 heterocycles. The first-order valence-corrected chi connectivity index (χ1v) is 14.0. The SMILES string of the molecule is CC(=O)O[C@H]1CC[C@](C)([C@H]2CC[C@]3(C)[C@@H]4[C@H](C[C@H]3[C@@H]2C)O[C@]2(CCC(C)CO2)[C@H]4C)[C@@H](C=O)C1. The molecule has 0 bridgehead atoms. The van der Waals surface area contributed by atoms with E-state index in [0.29, 0.717) is 48.0 Å². The maximum absolute atomic E-state index is 12.3. The lowest BCUT2D eigenvalue weighted by molar-refractivity contribution is -0.272. The topological polar surface area (TPSA) is 61.8 Å². The lowest BCUT2D eigenvalue weighted by Gasteiger charge is -2.56. The van der Waals surface area contributed by atoms with E-state index in [1.165, 1.54) is 26.2 Å². The van der Waals surface area contributed by atoms with E-state index < -0.39 is 0 Å². The summed E-state index contributed by atoms with van der Waals surface area (Å²) in [4.78, 5) is 23.8. The molecule has 5 fully saturated rings. The molecule has 2 saturated heterocycles. The van der Waals surface area contributed by atoms with Gasteiger partial charge in [0.25, 0.3) is 0 Å². The van der Waals surface area contributed by atoms with Gasteiger partial charge < -0.3 is 19.0 Å². The summed E-state index contributed by atoms with van der Waals surface area (Å²) in [6.45, 7) is 14.3. The van der Waals surface area contributed by atoms with Crippen LogP contribution in [0.1, 0.15) is 92.9 Å². The Balaban J connectivity index is 1.34. The molecule has 1 spiro atoms. The van der Waals surface area contributed by atoms with E-state index in [9.17, 15) is 9.59 Å². The molecular weight excluding hydrogens is 428 g/mol. The maximum Gasteiger partial charge on any atom is 0.302 e. The average Bonchev–Trinajstić information content (AvgIpc) is 3.23. The molecule has 12 atom stereocenters. The van der Waals surface area contributed by atoms with E-state index in [1.54, 1.807) is 0 Å². The molecule has 5 nitrogen and oxygen atoms in total. The first kappa shape index (κ1) is 24.7. The zero-order valence-corrected chi connectivity index (χ0v) is 22.2. The number of esters is 1. The van der Waals surface area contributed by atoms with Crippen LogP contribution in [0.15, 0.2) is 0 Å². The van der Waals surface area contributed by atoms with Crippen molar-refractivity contribution in [3.05, 3.63) is 0 Å². The Morgan fingerprint density at radius 2 is 1.71 bits per heavy atom. The van der Waals surface area contributed by atoms with Crippen LogP contribution < -0.4 is 0 Å². The van der Waals surface area contributed by atoms with E-state index in [0.717, 1.165) is 38.6 Å². The van der Waals surface area contributed by atoms with Gasteiger partial charge in [-0.15, -0.1) is 0 Å². The van der Waals surface area contributed by atoms with Crippen molar-refractivity contribution in [1.82, 2.24) is 0 Å². The van der Waals surface area contributed by atoms with Gasteiger partial charge >= 0.3 is 5.97 Å². The number of rotatable bonds is 3. The Morgan fingerprint density at radius 1 is 0.971 bits per heavy atom. The highest BCUT2D eigenvalue weighted by atomic mass is 16.7. The van der Waals surface area contributed by atoms with Crippen LogP contribution in [-0.4, -0.2) is 36.9 Å². The van der Waals surface area contributed by atoms with Crippen LogP contribution in [0.25, 0.3) is 0 Å².